The van der Waals surface area contributed by atoms with Crippen molar-refractivity contribution in [1.29, 1.82) is 0 Å². The number of nitrogens with two attached hydrogens (primary N) is 1. The first kappa shape index (κ1) is 14.1. The molecule has 5 heteroatoms. The topological polar surface area (TPSA) is 68.5 Å². The van der Waals surface area contributed by atoms with Crippen molar-refractivity contribution in [3.8, 4) is 11.5 Å². The van der Waals surface area contributed by atoms with E-state index < -0.39 is 0 Å². The van der Waals surface area contributed by atoms with Crippen molar-refractivity contribution >= 4 is 0 Å². The van der Waals surface area contributed by atoms with Crippen molar-refractivity contribution in [1.82, 2.24) is 10.9 Å². The smallest absolute Gasteiger partial charge is 0.161 e. The van der Waals surface area contributed by atoms with Gasteiger partial charge in [0.05, 0.1) is 20.4 Å². The molecule has 0 aromatic heterocycles. The molecule has 3 unspecified atom stereocenters. The van der Waals surface area contributed by atoms with E-state index in [1.165, 1.54) is 5.56 Å². The quantitative estimate of drug-likeness (QED) is 0.750. The van der Waals surface area contributed by atoms with E-state index in [2.05, 4.69) is 23.8 Å². The van der Waals surface area contributed by atoms with Gasteiger partial charge in [0.25, 0.3) is 0 Å². The third-order valence-corrected chi connectivity index (χ3v) is 3.65. The summed E-state index contributed by atoms with van der Waals surface area (Å²) in [6.45, 7) is 2.18. The van der Waals surface area contributed by atoms with E-state index >= 15 is 0 Å². The fraction of sp³-hybridized carbons (Fsp3) is 0.571. The van der Waals surface area contributed by atoms with E-state index in [-0.39, 0.29) is 12.1 Å². The Morgan fingerprint density at radius 3 is 2.53 bits per heavy atom. The Labute approximate surface area is 114 Å². The maximum absolute atomic E-state index is 6.15. The van der Waals surface area contributed by atoms with Crippen molar-refractivity contribution in [2.24, 2.45) is 5.73 Å². The minimum Gasteiger partial charge on any atom is -0.493 e. The van der Waals surface area contributed by atoms with Crippen LogP contribution in [0, 0.1) is 0 Å². The van der Waals surface area contributed by atoms with E-state index in [1.54, 1.807) is 14.2 Å². The molecule has 3 atom stereocenters. The van der Waals surface area contributed by atoms with Gasteiger partial charge in [-0.05, 0) is 24.1 Å². The summed E-state index contributed by atoms with van der Waals surface area (Å²) in [6, 6.07) is 6.35. The van der Waals surface area contributed by atoms with E-state index in [1.807, 2.05) is 12.1 Å². The van der Waals surface area contributed by atoms with E-state index in [0.29, 0.717) is 6.04 Å². The number of nitrogens with one attached hydrogen (secondary N) is 2. The third kappa shape index (κ3) is 2.83. The third-order valence-electron chi connectivity index (χ3n) is 3.65. The molecule has 0 spiro atoms. The lowest BCUT2D eigenvalue weighted by atomic mass is 9.88. The number of benzene rings is 1. The van der Waals surface area contributed by atoms with Gasteiger partial charge >= 0.3 is 0 Å². The molecule has 1 aliphatic heterocycles. The molecule has 1 saturated heterocycles. The van der Waals surface area contributed by atoms with Gasteiger partial charge in [-0.15, -0.1) is 0 Å². The summed E-state index contributed by atoms with van der Waals surface area (Å²) < 4.78 is 10.6. The van der Waals surface area contributed by atoms with Crippen LogP contribution in [0.25, 0.3) is 0 Å². The average Bonchev–Trinajstić information content (AvgIpc) is 2.79. The predicted octanol–water partition coefficient (Wildman–Crippen LogP) is 1.35. The van der Waals surface area contributed by atoms with Gasteiger partial charge in [0, 0.05) is 12.0 Å². The number of hydrogen-bond donors (Lipinski definition) is 3. The molecule has 1 aliphatic rings. The van der Waals surface area contributed by atoms with Gasteiger partial charge in [0.15, 0.2) is 11.5 Å². The van der Waals surface area contributed by atoms with Crippen molar-refractivity contribution in [3.63, 3.8) is 0 Å². The second kappa shape index (κ2) is 6.23. The summed E-state index contributed by atoms with van der Waals surface area (Å²) >= 11 is 0. The Morgan fingerprint density at radius 1 is 1.16 bits per heavy atom. The van der Waals surface area contributed by atoms with Gasteiger partial charge in [-0.3, -0.25) is 5.43 Å². The van der Waals surface area contributed by atoms with E-state index in [4.69, 9.17) is 15.2 Å². The van der Waals surface area contributed by atoms with Crippen molar-refractivity contribution in [3.05, 3.63) is 23.8 Å². The molecule has 0 bridgehead atoms. The lowest BCUT2D eigenvalue weighted by Crippen LogP contribution is -2.38. The highest BCUT2D eigenvalue weighted by Crippen LogP contribution is 2.34. The summed E-state index contributed by atoms with van der Waals surface area (Å²) in [6.07, 6.45) is 2.12. The van der Waals surface area contributed by atoms with Gasteiger partial charge in [0.1, 0.15) is 0 Å². The molecule has 4 N–H and O–H groups in total. The molecule has 1 fully saturated rings. The highest BCUT2D eigenvalue weighted by molar-refractivity contribution is 5.44. The van der Waals surface area contributed by atoms with Crippen LogP contribution in [0.15, 0.2) is 18.2 Å². The lowest BCUT2D eigenvalue weighted by molar-refractivity contribution is 0.353. The first-order chi connectivity index (χ1) is 9.21. The van der Waals surface area contributed by atoms with Crippen molar-refractivity contribution in [2.45, 2.75) is 37.9 Å². The molecule has 0 radical (unpaired) electrons. The van der Waals surface area contributed by atoms with E-state index in [9.17, 15) is 0 Å². The number of ether oxygens (including phenoxy) is 2. The molecule has 106 valence electrons. The van der Waals surface area contributed by atoms with Crippen LogP contribution in [0.2, 0.25) is 0 Å². The van der Waals surface area contributed by atoms with Crippen molar-refractivity contribution < 1.29 is 9.47 Å². The second-order valence-electron chi connectivity index (χ2n) is 4.85. The first-order valence-corrected chi connectivity index (χ1v) is 6.69. The number of rotatable bonds is 5. The van der Waals surface area contributed by atoms with Crippen LogP contribution in [0.3, 0.4) is 0 Å². The predicted molar refractivity (Wildman–Crippen MR) is 75.2 cm³/mol. The largest absolute Gasteiger partial charge is 0.493 e. The molecular weight excluding hydrogens is 242 g/mol. The summed E-state index contributed by atoms with van der Waals surface area (Å²) in [5, 5.41) is 0. The summed E-state index contributed by atoms with van der Waals surface area (Å²) in [7, 11) is 3.29. The molecule has 1 aromatic carbocycles. The van der Waals surface area contributed by atoms with Crippen LogP contribution in [-0.4, -0.2) is 26.4 Å². The zero-order valence-corrected chi connectivity index (χ0v) is 11.8. The first-order valence-electron chi connectivity index (χ1n) is 6.69. The van der Waals surface area contributed by atoms with Gasteiger partial charge < -0.3 is 15.2 Å². The van der Waals surface area contributed by atoms with Crippen LogP contribution < -0.4 is 26.1 Å². The van der Waals surface area contributed by atoms with Gasteiger partial charge in [-0.25, -0.2) is 5.43 Å². The molecule has 1 aromatic rings. The standard InChI is InChI=1S/C14H23N3O2/c1-4-5-10-13(14(15)17-16-10)9-6-7-11(18-2)12(8-9)19-3/h6-8,10,13-14,16-17H,4-5,15H2,1-3H3. The van der Waals surface area contributed by atoms with Gasteiger partial charge in [-0.2, -0.15) is 0 Å². The summed E-state index contributed by atoms with van der Waals surface area (Å²) in [5.74, 6) is 1.72. The Morgan fingerprint density at radius 2 is 1.89 bits per heavy atom. The highest BCUT2D eigenvalue weighted by Gasteiger charge is 2.34. The van der Waals surface area contributed by atoms with Gasteiger partial charge in [0.2, 0.25) is 0 Å². The SMILES string of the molecule is CCCC1NNC(N)C1c1ccc(OC)c(OC)c1. The minimum absolute atomic E-state index is 0.0883. The molecule has 5 nitrogen and oxygen atoms in total. The fourth-order valence-electron chi connectivity index (χ4n) is 2.70. The fourth-order valence-corrected chi connectivity index (χ4v) is 2.70. The molecule has 1 heterocycles. The Balaban J connectivity index is 2.28. The minimum atomic E-state index is -0.0883. The van der Waals surface area contributed by atoms with Crippen molar-refractivity contribution in [2.75, 3.05) is 14.2 Å². The zero-order chi connectivity index (χ0) is 13.8. The van der Waals surface area contributed by atoms with E-state index in [0.717, 1.165) is 24.3 Å². The number of methoxy groups -OCH3 is 2. The number of hydrogen-bond acceptors (Lipinski definition) is 5. The van der Waals surface area contributed by atoms with Gasteiger partial charge in [-0.1, -0.05) is 19.4 Å². The summed E-state index contributed by atoms with van der Waals surface area (Å²) in [4.78, 5) is 0. The lowest BCUT2D eigenvalue weighted by Gasteiger charge is -2.22. The molecule has 0 aliphatic carbocycles. The Bertz CT molecular complexity index is 423. The van der Waals surface area contributed by atoms with Crippen LogP contribution in [-0.2, 0) is 0 Å². The zero-order valence-electron chi connectivity index (χ0n) is 11.8. The number of hydrazine groups is 1. The molecule has 19 heavy (non-hydrogen) atoms. The van der Waals surface area contributed by atoms with Crippen LogP contribution >= 0.6 is 0 Å². The summed E-state index contributed by atoms with van der Waals surface area (Å²) in [5.41, 5.74) is 13.7. The Hall–Kier alpha value is -1.30. The normalized spacial score (nSPS) is 26.4. The molecule has 0 amide bonds. The second-order valence-corrected chi connectivity index (χ2v) is 4.85. The monoisotopic (exact) mass is 265 g/mol. The molecule has 0 saturated carbocycles. The van der Waals surface area contributed by atoms with Crippen LogP contribution in [0.5, 0.6) is 11.5 Å². The maximum Gasteiger partial charge on any atom is 0.161 e. The van der Waals surface area contributed by atoms with Crippen LogP contribution in [0.4, 0.5) is 0 Å². The highest BCUT2D eigenvalue weighted by atomic mass is 16.5. The Kier molecular flexibility index (Phi) is 4.63. The average molecular weight is 265 g/mol. The maximum atomic E-state index is 6.15. The molecule has 2 rings (SSSR count). The van der Waals surface area contributed by atoms with Crippen LogP contribution in [0.1, 0.15) is 31.2 Å². The molecular formula is C14H23N3O2.